The molecule has 1 aromatic carbocycles. The predicted octanol–water partition coefficient (Wildman–Crippen LogP) is 1.25. The number of benzene rings is 1. The second kappa shape index (κ2) is 6.54. The number of nitrogens with zero attached hydrogens (tertiary/aromatic N) is 1. The van der Waals surface area contributed by atoms with Crippen LogP contribution >= 0.6 is 0 Å². The molecule has 2 rings (SSSR count). The molecule has 0 radical (unpaired) electrons. The first-order valence-corrected chi connectivity index (χ1v) is 6.70. The van der Waals surface area contributed by atoms with E-state index in [-0.39, 0.29) is 11.9 Å². The maximum absolute atomic E-state index is 12.0. The lowest BCUT2D eigenvalue weighted by Crippen LogP contribution is -2.37. The Labute approximate surface area is 118 Å². The Morgan fingerprint density at radius 3 is 2.95 bits per heavy atom. The third-order valence-corrected chi connectivity index (χ3v) is 3.26. The number of hydrogen-bond acceptors (Lipinski definition) is 3. The average Bonchev–Trinajstić information content (AvgIpc) is 2.82. The van der Waals surface area contributed by atoms with Crippen LogP contribution in [0.5, 0.6) is 0 Å². The van der Waals surface area contributed by atoms with Gasteiger partial charge in [-0.2, -0.15) is 0 Å². The van der Waals surface area contributed by atoms with Crippen LogP contribution in [0.2, 0.25) is 0 Å². The number of amides is 1. The number of aromatic nitrogens is 1. The molecule has 1 amide bonds. The molecule has 0 aliphatic rings. The number of ether oxygens (including phenoxy) is 1. The van der Waals surface area contributed by atoms with Crippen LogP contribution in [0, 0.1) is 0 Å². The first-order chi connectivity index (χ1) is 9.65. The Morgan fingerprint density at radius 2 is 2.25 bits per heavy atom. The summed E-state index contributed by atoms with van der Waals surface area (Å²) in [7, 11) is 1.62. The molecule has 0 fully saturated rings. The molecule has 1 atom stereocenters. The van der Waals surface area contributed by atoms with Crippen LogP contribution in [0.4, 0.5) is 0 Å². The van der Waals surface area contributed by atoms with Gasteiger partial charge in [0, 0.05) is 36.8 Å². The summed E-state index contributed by atoms with van der Waals surface area (Å²) in [5.74, 6) is -0.0230. The van der Waals surface area contributed by atoms with Crippen LogP contribution in [0.3, 0.4) is 0 Å². The molecule has 5 nitrogen and oxygen atoms in total. The van der Waals surface area contributed by atoms with Crippen LogP contribution in [-0.4, -0.2) is 30.2 Å². The molecule has 0 aliphatic carbocycles. The highest BCUT2D eigenvalue weighted by atomic mass is 16.5. The van der Waals surface area contributed by atoms with Crippen LogP contribution in [0.1, 0.15) is 12.5 Å². The van der Waals surface area contributed by atoms with E-state index in [2.05, 4.69) is 5.32 Å². The minimum absolute atomic E-state index is 0.00827. The molecule has 20 heavy (non-hydrogen) atoms. The van der Waals surface area contributed by atoms with Crippen molar-refractivity contribution in [2.75, 3.05) is 13.7 Å². The first-order valence-electron chi connectivity index (χ1n) is 6.70. The standard InChI is InChI=1S/C15H21N3O2/c1-11(10-20-2)17-15(19)9-18-7-6-13-12(8-16)4-3-5-14(13)18/h3-7,11H,8-10,16H2,1-2H3,(H,17,19). The smallest absolute Gasteiger partial charge is 0.240 e. The highest BCUT2D eigenvalue weighted by molar-refractivity contribution is 5.85. The molecule has 0 bridgehead atoms. The van der Waals surface area contributed by atoms with Crippen LogP contribution < -0.4 is 11.1 Å². The maximum atomic E-state index is 12.0. The molecule has 1 heterocycles. The molecular weight excluding hydrogens is 254 g/mol. The third-order valence-electron chi connectivity index (χ3n) is 3.26. The number of carbonyl (C=O) groups excluding carboxylic acids is 1. The molecule has 5 heteroatoms. The minimum atomic E-state index is -0.0230. The molecular formula is C15H21N3O2. The van der Waals surface area contributed by atoms with Gasteiger partial charge in [-0.25, -0.2) is 0 Å². The van der Waals surface area contributed by atoms with E-state index in [1.54, 1.807) is 7.11 Å². The number of carbonyl (C=O) groups is 1. The normalized spacial score (nSPS) is 12.6. The van der Waals surface area contributed by atoms with Gasteiger partial charge in [-0.15, -0.1) is 0 Å². The Kier molecular flexibility index (Phi) is 4.76. The van der Waals surface area contributed by atoms with Crippen molar-refractivity contribution >= 4 is 16.8 Å². The van der Waals surface area contributed by atoms with Gasteiger partial charge in [-0.3, -0.25) is 4.79 Å². The van der Waals surface area contributed by atoms with E-state index < -0.39 is 0 Å². The molecule has 0 aliphatic heterocycles. The number of nitrogens with one attached hydrogen (secondary N) is 1. The summed E-state index contributed by atoms with van der Waals surface area (Å²) >= 11 is 0. The summed E-state index contributed by atoms with van der Waals surface area (Å²) < 4.78 is 6.94. The fraction of sp³-hybridized carbons (Fsp3) is 0.400. The van der Waals surface area contributed by atoms with Crippen molar-refractivity contribution in [2.45, 2.75) is 26.1 Å². The minimum Gasteiger partial charge on any atom is -0.383 e. The van der Waals surface area contributed by atoms with E-state index in [9.17, 15) is 4.79 Å². The van der Waals surface area contributed by atoms with Crippen molar-refractivity contribution in [3.8, 4) is 0 Å². The van der Waals surface area contributed by atoms with Gasteiger partial charge in [0.25, 0.3) is 0 Å². The Morgan fingerprint density at radius 1 is 1.45 bits per heavy atom. The number of nitrogens with two attached hydrogens (primary N) is 1. The van der Waals surface area contributed by atoms with Crippen molar-refractivity contribution in [3.05, 3.63) is 36.0 Å². The van der Waals surface area contributed by atoms with Crippen molar-refractivity contribution in [3.63, 3.8) is 0 Å². The van der Waals surface area contributed by atoms with Gasteiger partial charge in [0.1, 0.15) is 6.54 Å². The summed E-state index contributed by atoms with van der Waals surface area (Å²) in [5.41, 5.74) is 7.85. The fourth-order valence-corrected chi connectivity index (χ4v) is 2.37. The Bertz CT molecular complexity index is 592. The van der Waals surface area contributed by atoms with Gasteiger partial charge in [0.05, 0.1) is 6.61 Å². The number of methoxy groups -OCH3 is 1. The lowest BCUT2D eigenvalue weighted by molar-refractivity contribution is -0.122. The highest BCUT2D eigenvalue weighted by Crippen LogP contribution is 2.19. The SMILES string of the molecule is COCC(C)NC(=O)Cn1ccc2c(CN)cccc21. The zero-order chi connectivity index (χ0) is 14.5. The van der Waals surface area contributed by atoms with Crippen LogP contribution in [0.25, 0.3) is 10.9 Å². The zero-order valence-electron chi connectivity index (χ0n) is 11.9. The van der Waals surface area contributed by atoms with E-state index >= 15 is 0 Å². The lowest BCUT2D eigenvalue weighted by atomic mass is 10.1. The van der Waals surface area contributed by atoms with Gasteiger partial charge in [0.15, 0.2) is 0 Å². The topological polar surface area (TPSA) is 69.3 Å². The maximum Gasteiger partial charge on any atom is 0.240 e. The van der Waals surface area contributed by atoms with E-state index in [1.807, 2.05) is 42.0 Å². The third kappa shape index (κ3) is 3.18. The fourth-order valence-electron chi connectivity index (χ4n) is 2.37. The molecule has 1 aromatic heterocycles. The second-order valence-corrected chi connectivity index (χ2v) is 4.92. The highest BCUT2D eigenvalue weighted by Gasteiger charge is 2.10. The van der Waals surface area contributed by atoms with Gasteiger partial charge in [-0.1, -0.05) is 12.1 Å². The monoisotopic (exact) mass is 275 g/mol. The van der Waals surface area contributed by atoms with Gasteiger partial charge in [-0.05, 0) is 24.6 Å². The second-order valence-electron chi connectivity index (χ2n) is 4.92. The predicted molar refractivity (Wildman–Crippen MR) is 79.3 cm³/mol. The largest absolute Gasteiger partial charge is 0.383 e. The molecule has 0 saturated heterocycles. The van der Waals surface area contributed by atoms with Crippen molar-refractivity contribution in [1.29, 1.82) is 0 Å². The number of rotatable bonds is 6. The molecule has 0 spiro atoms. The number of hydrogen-bond donors (Lipinski definition) is 2. The quantitative estimate of drug-likeness (QED) is 0.833. The lowest BCUT2D eigenvalue weighted by Gasteiger charge is -2.13. The van der Waals surface area contributed by atoms with Crippen molar-refractivity contribution in [1.82, 2.24) is 9.88 Å². The molecule has 1 unspecified atom stereocenters. The molecule has 108 valence electrons. The van der Waals surface area contributed by atoms with Gasteiger partial charge < -0.3 is 20.4 Å². The van der Waals surface area contributed by atoms with E-state index in [0.29, 0.717) is 19.7 Å². The van der Waals surface area contributed by atoms with Gasteiger partial charge >= 0.3 is 0 Å². The summed E-state index contributed by atoms with van der Waals surface area (Å²) in [6.07, 6.45) is 1.92. The van der Waals surface area contributed by atoms with E-state index in [4.69, 9.17) is 10.5 Å². The van der Waals surface area contributed by atoms with Crippen LogP contribution in [-0.2, 0) is 22.6 Å². The molecule has 3 N–H and O–H groups in total. The summed E-state index contributed by atoms with van der Waals surface area (Å²) in [5, 5.41) is 4.01. The van der Waals surface area contributed by atoms with E-state index in [0.717, 1.165) is 16.5 Å². The summed E-state index contributed by atoms with van der Waals surface area (Å²) in [6.45, 7) is 3.22. The first kappa shape index (κ1) is 14.6. The Balaban J connectivity index is 2.12. The Hall–Kier alpha value is -1.85. The molecule has 2 aromatic rings. The zero-order valence-corrected chi connectivity index (χ0v) is 11.9. The van der Waals surface area contributed by atoms with Crippen LogP contribution in [0.15, 0.2) is 30.5 Å². The van der Waals surface area contributed by atoms with E-state index in [1.165, 1.54) is 0 Å². The average molecular weight is 275 g/mol. The van der Waals surface area contributed by atoms with Gasteiger partial charge in [0.2, 0.25) is 5.91 Å². The summed E-state index contributed by atoms with van der Waals surface area (Å²) in [6, 6.07) is 7.98. The molecule has 0 saturated carbocycles. The van der Waals surface area contributed by atoms with Crippen molar-refractivity contribution < 1.29 is 9.53 Å². The summed E-state index contributed by atoms with van der Waals surface area (Å²) in [4.78, 5) is 12.0. The van der Waals surface area contributed by atoms with Crippen molar-refractivity contribution in [2.24, 2.45) is 5.73 Å². The number of fused-ring (bicyclic) bond motifs is 1.